The number of aryl methyl sites for hydroxylation is 2. The standard InChI is InChI=1S/C25H24Cl2N2O2S/c1-4-23(25(31)29-19-10-8-15(2)16(3)12-19)32-20-7-5-6-18(14-20)28-24(30)21-11-9-17(26)13-22(21)27/h5-14,23H,4H2,1-3H3,(H,28,30)(H,29,31). The average molecular weight is 487 g/mol. The maximum absolute atomic E-state index is 12.8. The summed E-state index contributed by atoms with van der Waals surface area (Å²) < 4.78 is 0. The van der Waals surface area contributed by atoms with Gasteiger partial charge in [0.1, 0.15) is 0 Å². The molecule has 166 valence electrons. The van der Waals surface area contributed by atoms with Crippen molar-refractivity contribution >= 4 is 58.2 Å². The highest BCUT2D eigenvalue weighted by molar-refractivity contribution is 8.00. The van der Waals surface area contributed by atoms with Crippen LogP contribution in [0.25, 0.3) is 0 Å². The van der Waals surface area contributed by atoms with Crippen molar-refractivity contribution in [1.82, 2.24) is 0 Å². The number of amides is 2. The highest BCUT2D eigenvalue weighted by Crippen LogP contribution is 2.29. The Labute approximate surface area is 202 Å². The molecule has 3 aromatic carbocycles. The summed E-state index contributed by atoms with van der Waals surface area (Å²) in [4.78, 5) is 26.3. The van der Waals surface area contributed by atoms with Crippen molar-refractivity contribution in [2.24, 2.45) is 0 Å². The fraction of sp³-hybridized carbons (Fsp3) is 0.200. The van der Waals surface area contributed by atoms with Gasteiger partial charge in [-0.05, 0) is 79.9 Å². The van der Waals surface area contributed by atoms with Gasteiger partial charge in [-0.25, -0.2) is 0 Å². The lowest BCUT2D eigenvalue weighted by molar-refractivity contribution is -0.115. The predicted molar refractivity (Wildman–Crippen MR) is 135 cm³/mol. The minimum Gasteiger partial charge on any atom is -0.325 e. The molecule has 2 amide bonds. The molecule has 0 aliphatic rings. The first-order valence-electron chi connectivity index (χ1n) is 10.2. The molecule has 3 aromatic rings. The third kappa shape index (κ3) is 6.28. The number of carbonyl (C=O) groups is 2. The molecule has 0 heterocycles. The van der Waals surface area contributed by atoms with Crippen molar-refractivity contribution in [2.75, 3.05) is 10.6 Å². The summed E-state index contributed by atoms with van der Waals surface area (Å²) in [7, 11) is 0. The Balaban J connectivity index is 1.68. The van der Waals surface area contributed by atoms with E-state index in [1.54, 1.807) is 18.2 Å². The summed E-state index contributed by atoms with van der Waals surface area (Å²) in [6.07, 6.45) is 0.665. The summed E-state index contributed by atoms with van der Waals surface area (Å²) >= 11 is 13.5. The Morgan fingerprint density at radius 1 is 0.906 bits per heavy atom. The van der Waals surface area contributed by atoms with Gasteiger partial charge in [-0.3, -0.25) is 9.59 Å². The van der Waals surface area contributed by atoms with Crippen molar-refractivity contribution in [3.05, 3.63) is 87.4 Å². The number of benzene rings is 3. The largest absolute Gasteiger partial charge is 0.325 e. The molecule has 3 rings (SSSR count). The molecule has 0 bridgehead atoms. The molecule has 1 unspecified atom stereocenters. The molecule has 0 spiro atoms. The van der Waals surface area contributed by atoms with Gasteiger partial charge in [0.05, 0.1) is 15.8 Å². The summed E-state index contributed by atoms with van der Waals surface area (Å²) in [6.45, 7) is 6.04. The predicted octanol–water partition coefficient (Wildman–Crippen LogP) is 7.37. The molecule has 0 aliphatic heterocycles. The highest BCUT2D eigenvalue weighted by atomic mass is 35.5. The zero-order valence-electron chi connectivity index (χ0n) is 18.0. The lowest BCUT2D eigenvalue weighted by Gasteiger charge is -2.16. The molecule has 7 heteroatoms. The number of hydrogen-bond acceptors (Lipinski definition) is 3. The minimum absolute atomic E-state index is 0.0527. The van der Waals surface area contributed by atoms with Gasteiger partial charge in [0, 0.05) is 21.3 Å². The van der Waals surface area contributed by atoms with Crippen LogP contribution in [0.3, 0.4) is 0 Å². The van der Waals surface area contributed by atoms with Crippen LogP contribution in [-0.4, -0.2) is 17.1 Å². The number of carbonyl (C=O) groups excluding carboxylic acids is 2. The molecule has 2 N–H and O–H groups in total. The van der Waals surface area contributed by atoms with Crippen LogP contribution in [0.2, 0.25) is 10.0 Å². The minimum atomic E-state index is -0.326. The quantitative estimate of drug-likeness (QED) is 0.342. The third-order valence-electron chi connectivity index (χ3n) is 4.98. The number of rotatable bonds is 7. The number of anilines is 2. The van der Waals surface area contributed by atoms with E-state index in [1.807, 2.05) is 57.2 Å². The number of halogens is 2. The zero-order valence-corrected chi connectivity index (χ0v) is 20.4. The molecule has 0 saturated carbocycles. The Morgan fingerprint density at radius 2 is 1.66 bits per heavy atom. The summed E-state index contributed by atoms with van der Waals surface area (Å²) in [5, 5.41) is 6.34. The summed E-state index contributed by atoms with van der Waals surface area (Å²) in [6, 6.07) is 18.0. The van der Waals surface area contributed by atoms with Crippen molar-refractivity contribution in [1.29, 1.82) is 0 Å². The van der Waals surface area contributed by atoms with E-state index in [9.17, 15) is 9.59 Å². The molecule has 4 nitrogen and oxygen atoms in total. The zero-order chi connectivity index (χ0) is 23.3. The number of thioether (sulfide) groups is 1. The molecular weight excluding hydrogens is 463 g/mol. The van der Waals surface area contributed by atoms with Crippen molar-refractivity contribution in [2.45, 2.75) is 37.3 Å². The van der Waals surface area contributed by atoms with Crippen molar-refractivity contribution in [3.8, 4) is 0 Å². The fourth-order valence-corrected chi connectivity index (χ4v) is 4.56. The third-order valence-corrected chi connectivity index (χ3v) is 6.89. The normalized spacial score (nSPS) is 11.7. The highest BCUT2D eigenvalue weighted by Gasteiger charge is 2.19. The van der Waals surface area contributed by atoms with Crippen LogP contribution in [0.15, 0.2) is 65.6 Å². The van der Waals surface area contributed by atoms with E-state index in [4.69, 9.17) is 23.2 Å². The molecule has 0 saturated heterocycles. The fourth-order valence-electron chi connectivity index (χ4n) is 3.05. The first kappa shape index (κ1) is 24.2. The van der Waals surface area contributed by atoms with Crippen LogP contribution in [0, 0.1) is 13.8 Å². The van der Waals surface area contributed by atoms with E-state index in [0.29, 0.717) is 22.7 Å². The second kappa shape index (κ2) is 10.9. The average Bonchev–Trinajstić information content (AvgIpc) is 2.74. The maximum atomic E-state index is 12.8. The van der Waals surface area contributed by atoms with Gasteiger partial charge in [-0.15, -0.1) is 11.8 Å². The van der Waals surface area contributed by atoms with Crippen LogP contribution in [0.5, 0.6) is 0 Å². The lowest BCUT2D eigenvalue weighted by Crippen LogP contribution is -2.24. The topological polar surface area (TPSA) is 58.2 Å². The van der Waals surface area contributed by atoms with E-state index in [-0.39, 0.29) is 22.1 Å². The van der Waals surface area contributed by atoms with Gasteiger partial charge in [0.15, 0.2) is 0 Å². The molecular formula is C25H24Cl2N2O2S. The molecule has 1 atom stereocenters. The second-order valence-electron chi connectivity index (χ2n) is 7.41. The SMILES string of the molecule is CCC(Sc1cccc(NC(=O)c2ccc(Cl)cc2Cl)c1)C(=O)Nc1ccc(C)c(C)c1. The maximum Gasteiger partial charge on any atom is 0.257 e. The molecule has 0 fully saturated rings. The van der Waals surface area contributed by atoms with Gasteiger partial charge in [-0.1, -0.05) is 42.3 Å². The Hall–Kier alpha value is -2.47. The van der Waals surface area contributed by atoms with E-state index >= 15 is 0 Å². The number of hydrogen-bond donors (Lipinski definition) is 2. The van der Waals surface area contributed by atoms with E-state index in [2.05, 4.69) is 10.6 Å². The first-order valence-corrected chi connectivity index (χ1v) is 11.8. The van der Waals surface area contributed by atoms with Crippen LogP contribution in [-0.2, 0) is 4.79 Å². The molecule has 0 aromatic heterocycles. The monoisotopic (exact) mass is 486 g/mol. The van der Waals surface area contributed by atoms with E-state index < -0.39 is 0 Å². The smallest absolute Gasteiger partial charge is 0.257 e. The molecule has 0 aliphatic carbocycles. The van der Waals surface area contributed by atoms with Gasteiger partial charge in [0.2, 0.25) is 5.91 Å². The Bertz CT molecular complexity index is 1150. The van der Waals surface area contributed by atoms with Gasteiger partial charge < -0.3 is 10.6 Å². The van der Waals surface area contributed by atoms with Crippen molar-refractivity contribution < 1.29 is 9.59 Å². The second-order valence-corrected chi connectivity index (χ2v) is 9.53. The van der Waals surface area contributed by atoms with Crippen LogP contribution in [0.1, 0.15) is 34.8 Å². The van der Waals surface area contributed by atoms with Crippen molar-refractivity contribution in [3.63, 3.8) is 0 Å². The van der Waals surface area contributed by atoms with E-state index in [1.165, 1.54) is 23.4 Å². The van der Waals surface area contributed by atoms with Crippen LogP contribution >= 0.6 is 35.0 Å². The number of nitrogens with one attached hydrogen (secondary N) is 2. The van der Waals surface area contributed by atoms with Crippen LogP contribution in [0.4, 0.5) is 11.4 Å². The first-order chi connectivity index (χ1) is 15.3. The van der Waals surface area contributed by atoms with E-state index in [0.717, 1.165) is 16.1 Å². The summed E-state index contributed by atoms with van der Waals surface area (Å²) in [5.74, 6) is -0.378. The Morgan fingerprint density at radius 3 is 2.34 bits per heavy atom. The lowest BCUT2D eigenvalue weighted by atomic mass is 10.1. The summed E-state index contributed by atoms with van der Waals surface area (Å²) in [5.41, 5.74) is 4.07. The molecule has 32 heavy (non-hydrogen) atoms. The Kier molecular flexibility index (Phi) is 8.24. The molecule has 0 radical (unpaired) electrons. The van der Waals surface area contributed by atoms with Gasteiger partial charge in [0.25, 0.3) is 5.91 Å². The van der Waals surface area contributed by atoms with Gasteiger partial charge in [-0.2, -0.15) is 0 Å². The van der Waals surface area contributed by atoms with Gasteiger partial charge >= 0.3 is 0 Å². The van der Waals surface area contributed by atoms with Crippen LogP contribution < -0.4 is 10.6 Å².